The molecule has 1 amide bonds. The van der Waals surface area contributed by atoms with Crippen LogP contribution in [0.1, 0.15) is 27.4 Å². The number of carbonyl (C=O) groups is 1. The van der Waals surface area contributed by atoms with E-state index in [1.807, 2.05) is 19.1 Å². The van der Waals surface area contributed by atoms with Gasteiger partial charge in [0.1, 0.15) is 9.84 Å². The van der Waals surface area contributed by atoms with Gasteiger partial charge in [-0.1, -0.05) is 0 Å². The van der Waals surface area contributed by atoms with Crippen molar-refractivity contribution in [1.82, 2.24) is 5.32 Å². The van der Waals surface area contributed by atoms with Gasteiger partial charge in [-0.2, -0.15) is 0 Å². The first-order chi connectivity index (χ1) is 8.46. The molecule has 1 saturated heterocycles. The molecule has 0 aromatic carbocycles. The van der Waals surface area contributed by atoms with Gasteiger partial charge in [-0.25, -0.2) is 8.42 Å². The van der Waals surface area contributed by atoms with Crippen LogP contribution in [0.2, 0.25) is 0 Å². The van der Waals surface area contributed by atoms with Crippen molar-refractivity contribution in [3.05, 3.63) is 21.9 Å². The van der Waals surface area contributed by atoms with Gasteiger partial charge in [-0.05, 0) is 37.8 Å². The summed E-state index contributed by atoms with van der Waals surface area (Å²) in [5.74, 6) is 0.747. The number of rotatable bonds is 3. The van der Waals surface area contributed by atoms with Gasteiger partial charge in [0.25, 0.3) is 5.91 Å². The van der Waals surface area contributed by atoms with E-state index in [4.69, 9.17) is 0 Å². The van der Waals surface area contributed by atoms with Crippen molar-refractivity contribution in [3.63, 3.8) is 0 Å². The van der Waals surface area contributed by atoms with Crippen LogP contribution in [0.15, 0.2) is 12.1 Å². The minimum absolute atomic E-state index is 0.0541. The van der Waals surface area contributed by atoms with Crippen molar-refractivity contribution in [3.8, 4) is 0 Å². The maximum absolute atomic E-state index is 11.8. The summed E-state index contributed by atoms with van der Waals surface area (Å²) in [4.78, 5) is 13.6. The highest BCUT2D eigenvalue weighted by molar-refractivity contribution is 7.91. The molecule has 4 nitrogen and oxygen atoms in total. The molecule has 1 aromatic rings. The quantitative estimate of drug-likeness (QED) is 0.918. The van der Waals surface area contributed by atoms with E-state index in [0.29, 0.717) is 25.3 Å². The number of nitrogens with one attached hydrogen (secondary N) is 1. The summed E-state index contributed by atoms with van der Waals surface area (Å²) in [5.41, 5.74) is 0. The average molecular weight is 287 g/mol. The molecular weight excluding hydrogens is 270 g/mol. The van der Waals surface area contributed by atoms with E-state index in [0.717, 1.165) is 9.75 Å². The maximum atomic E-state index is 11.8. The Kier molecular flexibility index (Phi) is 4.07. The Morgan fingerprint density at radius 1 is 1.39 bits per heavy atom. The fraction of sp³-hybridized carbons (Fsp3) is 0.583. The molecule has 0 aliphatic carbocycles. The van der Waals surface area contributed by atoms with Gasteiger partial charge in [-0.15, -0.1) is 11.3 Å². The van der Waals surface area contributed by atoms with Crippen LogP contribution in [0.4, 0.5) is 0 Å². The van der Waals surface area contributed by atoms with E-state index in [-0.39, 0.29) is 17.4 Å². The summed E-state index contributed by atoms with van der Waals surface area (Å²) in [6.07, 6.45) is 1.32. The van der Waals surface area contributed by atoms with Crippen molar-refractivity contribution in [1.29, 1.82) is 0 Å². The Labute approximate surface area is 111 Å². The third-order valence-corrected chi connectivity index (χ3v) is 5.90. The average Bonchev–Trinajstić information content (AvgIpc) is 2.74. The molecule has 0 saturated carbocycles. The van der Waals surface area contributed by atoms with E-state index < -0.39 is 9.84 Å². The molecule has 1 fully saturated rings. The maximum Gasteiger partial charge on any atom is 0.261 e. The number of sulfone groups is 1. The molecule has 0 spiro atoms. The van der Waals surface area contributed by atoms with Crippen LogP contribution in [0.5, 0.6) is 0 Å². The lowest BCUT2D eigenvalue weighted by Crippen LogP contribution is -2.33. The predicted octanol–water partition coefficient (Wildman–Crippen LogP) is 1.61. The Hall–Kier alpha value is -0.880. The van der Waals surface area contributed by atoms with Crippen LogP contribution in [0, 0.1) is 12.8 Å². The molecule has 0 bridgehead atoms. The Morgan fingerprint density at radius 3 is 2.61 bits per heavy atom. The van der Waals surface area contributed by atoms with Gasteiger partial charge < -0.3 is 5.32 Å². The molecule has 100 valence electrons. The third kappa shape index (κ3) is 3.55. The minimum atomic E-state index is -2.81. The Morgan fingerprint density at radius 2 is 2.06 bits per heavy atom. The smallest absolute Gasteiger partial charge is 0.261 e. The van der Waals surface area contributed by atoms with Crippen LogP contribution >= 0.6 is 11.3 Å². The fourth-order valence-corrected chi connectivity index (χ4v) is 4.40. The van der Waals surface area contributed by atoms with E-state index in [9.17, 15) is 13.2 Å². The van der Waals surface area contributed by atoms with Gasteiger partial charge in [0.2, 0.25) is 0 Å². The predicted molar refractivity (Wildman–Crippen MR) is 72.8 cm³/mol. The minimum Gasteiger partial charge on any atom is -0.351 e. The summed E-state index contributed by atoms with van der Waals surface area (Å²) in [6.45, 7) is 2.54. The van der Waals surface area contributed by atoms with Crippen LogP contribution in [-0.2, 0) is 9.84 Å². The van der Waals surface area contributed by atoms with E-state index in [2.05, 4.69) is 5.32 Å². The zero-order chi connectivity index (χ0) is 13.2. The molecule has 1 aliphatic rings. The fourth-order valence-electron chi connectivity index (χ4n) is 2.02. The lowest BCUT2D eigenvalue weighted by atomic mass is 10.0. The van der Waals surface area contributed by atoms with E-state index in [1.54, 1.807) is 0 Å². The second-order valence-corrected chi connectivity index (χ2v) is 8.31. The molecule has 18 heavy (non-hydrogen) atoms. The highest BCUT2D eigenvalue weighted by Crippen LogP contribution is 2.19. The molecule has 1 aliphatic heterocycles. The first-order valence-corrected chi connectivity index (χ1v) is 8.65. The number of amides is 1. The lowest BCUT2D eigenvalue weighted by molar-refractivity contribution is 0.0950. The molecule has 0 radical (unpaired) electrons. The molecular formula is C12H17NO3S2. The van der Waals surface area contributed by atoms with Crippen LogP contribution in [-0.4, -0.2) is 32.4 Å². The Bertz CT molecular complexity index is 519. The lowest BCUT2D eigenvalue weighted by Gasteiger charge is -2.21. The van der Waals surface area contributed by atoms with Crippen molar-refractivity contribution in [2.75, 3.05) is 18.1 Å². The first-order valence-electron chi connectivity index (χ1n) is 6.01. The van der Waals surface area contributed by atoms with Gasteiger partial charge in [-0.3, -0.25) is 4.79 Å². The highest BCUT2D eigenvalue weighted by Gasteiger charge is 2.23. The van der Waals surface area contributed by atoms with E-state index >= 15 is 0 Å². The molecule has 1 aromatic heterocycles. The molecule has 2 heterocycles. The second-order valence-electron chi connectivity index (χ2n) is 4.72. The standard InChI is InChI=1S/C12H17NO3S2/c1-9-2-3-11(17-9)12(14)13-8-10-4-6-18(15,16)7-5-10/h2-3,10H,4-8H2,1H3,(H,13,14). The summed E-state index contributed by atoms with van der Waals surface area (Å²) in [6, 6.07) is 3.74. The second kappa shape index (κ2) is 5.40. The number of thiophene rings is 1. The molecule has 2 rings (SSSR count). The number of carbonyl (C=O) groups excluding carboxylic acids is 1. The molecule has 0 unspecified atom stereocenters. The van der Waals surface area contributed by atoms with Crippen molar-refractivity contribution in [2.24, 2.45) is 5.92 Å². The zero-order valence-electron chi connectivity index (χ0n) is 10.3. The highest BCUT2D eigenvalue weighted by atomic mass is 32.2. The van der Waals surface area contributed by atoms with Crippen LogP contribution in [0.25, 0.3) is 0 Å². The Balaban J connectivity index is 1.80. The normalized spacial score (nSPS) is 19.6. The monoisotopic (exact) mass is 287 g/mol. The SMILES string of the molecule is Cc1ccc(C(=O)NCC2CCS(=O)(=O)CC2)s1. The van der Waals surface area contributed by atoms with Crippen molar-refractivity contribution in [2.45, 2.75) is 19.8 Å². The largest absolute Gasteiger partial charge is 0.351 e. The number of aryl methyl sites for hydroxylation is 1. The van der Waals surface area contributed by atoms with Crippen molar-refractivity contribution < 1.29 is 13.2 Å². The topological polar surface area (TPSA) is 63.2 Å². The van der Waals surface area contributed by atoms with Crippen LogP contribution in [0.3, 0.4) is 0 Å². The summed E-state index contributed by atoms with van der Waals surface area (Å²) < 4.78 is 22.5. The number of hydrogen-bond acceptors (Lipinski definition) is 4. The summed E-state index contributed by atoms with van der Waals surface area (Å²) >= 11 is 1.47. The van der Waals surface area contributed by atoms with Gasteiger partial charge in [0.15, 0.2) is 0 Å². The molecule has 0 atom stereocenters. The van der Waals surface area contributed by atoms with Crippen LogP contribution < -0.4 is 5.32 Å². The van der Waals surface area contributed by atoms with Gasteiger partial charge >= 0.3 is 0 Å². The molecule has 6 heteroatoms. The van der Waals surface area contributed by atoms with E-state index in [1.165, 1.54) is 11.3 Å². The molecule has 1 N–H and O–H groups in total. The summed E-state index contributed by atoms with van der Waals surface area (Å²) in [7, 11) is -2.81. The van der Waals surface area contributed by atoms with Gasteiger partial charge in [0.05, 0.1) is 16.4 Å². The number of hydrogen-bond donors (Lipinski definition) is 1. The van der Waals surface area contributed by atoms with Gasteiger partial charge in [0, 0.05) is 11.4 Å². The first kappa shape index (κ1) is 13.5. The zero-order valence-corrected chi connectivity index (χ0v) is 11.9. The third-order valence-electron chi connectivity index (χ3n) is 3.19. The van der Waals surface area contributed by atoms with Crippen molar-refractivity contribution >= 4 is 27.1 Å². The summed E-state index contributed by atoms with van der Waals surface area (Å²) in [5, 5.41) is 2.89.